The smallest absolute Gasteiger partial charge is 0.410 e. The van der Waals surface area contributed by atoms with Gasteiger partial charge in [0.2, 0.25) is 11.8 Å². The Labute approximate surface area is 172 Å². The van der Waals surface area contributed by atoms with Crippen LogP contribution in [0.5, 0.6) is 5.88 Å². The predicted molar refractivity (Wildman–Crippen MR) is 108 cm³/mol. The molecule has 8 heteroatoms. The van der Waals surface area contributed by atoms with E-state index in [0.717, 1.165) is 32.2 Å². The number of hydrogen-bond acceptors (Lipinski definition) is 6. The molecule has 2 atom stereocenters. The van der Waals surface area contributed by atoms with Crippen molar-refractivity contribution in [2.75, 3.05) is 26.2 Å². The van der Waals surface area contributed by atoms with E-state index in [1.165, 1.54) is 0 Å². The van der Waals surface area contributed by atoms with Crippen molar-refractivity contribution in [1.29, 1.82) is 0 Å². The van der Waals surface area contributed by atoms with E-state index in [4.69, 9.17) is 9.47 Å². The number of aromatic nitrogens is 2. The largest absolute Gasteiger partial charge is 0.472 e. The molecular weight excluding hydrogens is 372 g/mol. The van der Waals surface area contributed by atoms with Crippen molar-refractivity contribution in [1.82, 2.24) is 19.8 Å². The molecule has 0 aromatic carbocycles. The van der Waals surface area contributed by atoms with Crippen molar-refractivity contribution in [2.24, 2.45) is 5.92 Å². The molecule has 160 valence electrons. The number of aryl methyl sites for hydroxylation is 1. The minimum atomic E-state index is -0.537. The van der Waals surface area contributed by atoms with Crippen molar-refractivity contribution in [3.63, 3.8) is 0 Å². The van der Waals surface area contributed by atoms with Gasteiger partial charge in [0.15, 0.2) is 0 Å². The number of amides is 2. The highest BCUT2D eigenvalue weighted by Crippen LogP contribution is 2.24. The Morgan fingerprint density at radius 3 is 2.55 bits per heavy atom. The van der Waals surface area contributed by atoms with Gasteiger partial charge in [-0.2, -0.15) is 4.98 Å². The van der Waals surface area contributed by atoms with Gasteiger partial charge in [-0.3, -0.25) is 4.79 Å². The second-order valence-electron chi connectivity index (χ2n) is 8.87. The lowest BCUT2D eigenvalue weighted by molar-refractivity contribution is -0.139. The molecule has 0 saturated carbocycles. The first-order chi connectivity index (χ1) is 13.7. The summed E-state index contributed by atoms with van der Waals surface area (Å²) < 4.78 is 11.5. The lowest BCUT2D eigenvalue weighted by Crippen LogP contribution is -2.51. The molecule has 2 saturated heterocycles. The van der Waals surface area contributed by atoms with Crippen LogP contribution < -0.4 is 4.74 Å². The van der Waals surface area contributed by atoms with Crippen LogP contribution in [0.4, 0.5) is 4.79 Å². The number of hydrogen-bond donors (Lipinski definition) is 0. The van der Waals surface area contributed by atoms with Gasteiger partial charge in [0.25, 0.3) is 0 Å². The minimum Gasteiger partial charge on any atom is -0.472 e. The second-order valence-corrected chi connectivity index (χ2v) is 8.87. The summed E-state index contributed by atoms with van der Waals surface area (Å²) in [6.45, 7) is 9.70. The lowest BCUT2D eigenvalue weighted by Gasteiger charge is -2.38. The zero-order valence-electron chi connectivity index (χ0n) is 17.9. The summed E-state index contributed by atoms with van der Waals surface area (Å²) in [5, 5.41) is 0. The molecule has 3 rings (SSSR count). The molecule has 2 amide bonds. The highest BCUT2D eigenvalue weighted by Gasteiger charge is 2.35. The molecule has 1 aromatic rings. The molecule has 8 nitrogen and oxygen atoms in total. The summed E-state index contributed by atoms with van der Waals surface area (Å²) in [5.74, 6) is 1.13. The average Bonchev–Trinajstić information content (AvgIpc) is 2.66. The van der Waals surface area contributed by atoms with Gasteiger partial charge >= 0.3 is 6.09 Å². The molecule has 0 N–H and O–H groups in total. The third kappa shape index (κ3) is 6.05. The summed E-state index contributed by atoms with van der Waals surface area (Å²) in [5.41, 5.74) is -0.537. The third-order valence-corrected chi connectivity index (χ3v) is 5.15. The van der Waals surface area contributed by atoms with Gasteiger partial charge in [-0.1, -0.05) is 0 Å². The Kier molecular flexibility index (Phi) is 6.59. The summed E-state index contributed by atoms with van der Waals surface area (Å²) in [4.78, 5) is 37.4. The first kappa shape index (κ1) is 21.3. The summed E-state index contributed by atoms with van der Waals surface area (Å²) in [6, 6.07) is 1.74. The lowest BCUT2D eigenvalue weighted by atomic mass is 9.95. The van der Waals surface area contributed by atoms with Gasteiger partial charge < -0.3 is 19.3 Å². The molecule has 0 radical (unpaired) electrons. The number of carbonyl (C=O) groups excluding carboxylic acids is 2. The zero-order valence-corrected chi connectivity index (χ0v) is 17.9. The molecule has 2 aliphatic rings. The van der Waals surface area contributed by atoms with Crippen molar-refractivity contribution in [3.8, 4) is 5.88 Å². The molecule has 0 bridgehead atoms. The van der Waals surface area contributed by atoms with E-state index < -0.39 is 5.60 Å². The quantitative estimate of drug-likeness (QED) is 0.770. The van der Waals surface area contributed by atoms with Crippen LogP contribution in [0.25, 0.3) is 0 Å². The fourth-order valence-corrected chi connectivity index (χ4v) is 3.83. The second kappa shape index (κ2) is 8.97. The van der Waals surface area contributed by atoms with Crippen molar-refractivity contribution in [3.05, 3.63) is 18.1 Å². The van der Waals surface area contributed by atoms with Crippen LogP contribution in [0.2, 0.25) is 0 Å². The van der Waals surface area contributed by atoms with Crippen LogP contribution in [-0.4, -0.2) is 69.7 Å². The maximum atomic E-state index is 13.1. The van der Waals surface area contributed by atoms with E-state index in [0.29, 0.717) is 31.3 Å². The van der Waals surface area contributed by atoms with Crippen LogP contribution >= 0.6 is 0 Å². The maximum absolute atomic E-state index is 13.1. The van der Waals surface area contributed by atoms with E-state index in [-0.39, 0.29) is 24.0 Å². The summed E-state index contributed by atoms with van der Waals surface area (Å²) in [6.07, 6.45) is 4.65. The monoisotopic (exact) mass is 404 g/mol. The van der Waals surface area contributed by atoms with Gasteiger partial charge in [0.05, 0.1) is 12.5 Å². The van der Waals surface area contributed by atoms with Gasteiger partial charge in [0, 0.05) is 31.9 Å². The minimum absolute atomic E-state index is 0.0763. The molecule has 0 aliphatic carbocycles. The maximum Gasteiger partial charge on any atom is 0.410 e. The van der Waals surface area contributed by atoms with E-state index in [9.17, 15) is 9.59 Å². The number of ether oxygens (including phenoxy) is 2. The molecule has 2 aliphatic heterocycles. The van der Waals surface area contributed by atoms with Gasteiger partial charge in [0.1, 0.15) is 17.5 Å². The standard InChI is InChI=1S/C21H32N4O4/c1-15-22-10-9-18(23-15)28-17-8-6-11-24(14-17)19(26)16-7-5-12-25(13-16)20(27)29-21(2,3)4/h9-10,16-17H,5-8,11-14H2,1-4H3. The average molecular weight is 405 g/mol. The highest BCUT2D eigenvalue weighted by molar-refractivity contribution is 5.80. The molecule has 29 heavy (non-hydrogen) atoms. The van der Waals surface area contributed by atoms with Crippen LogP contribution in [-0.2, 0) is 9.53 Å². The van der Waals surface area contributed by atoms with Crippen LogP contribution in [0.1, 0.15) is 52.3 Å². The van der Waals surface area contributed by atoms with E-state index >= 15 is 0 Å². The van der Waals surface area contributed by atoms with Gasteiger partial charge in [-0.25, -0.2) is 9.78 Å². The van der Waals surface area contributed by atoms with E-state index in [1.54, 1.807) is 17.2 Å². The van der Waals surface area contributed by atoms with Crippen molar-refractivity contribution >= 4 is 12.0 Å². The number of nitrogens with zero attached hydrogens (tertiary/aromatic N) is 4. The van der Waals surface area contributed by atoms with Gasteiger partial charge in [-0.05, 0) is 53.4 Å². The Morgan fingerprint density at radius 2 is 1.83 bits per heavy atom. The fraction of sp³-hybridized carbons (Fsp3) is 0.714. The zero-order chi connectivity index (χ0) is 21.0. The Morgan fingerprint density at radius 1 is 1.10 bits per heavy atom. The van der Waals surface area contributed by atoms with Crippen molar-refractivity contribution in [2.45, 2.75) is 65.1 Å². The fourth-order valence-electron chi connectivity index (χ4n) is 3.83. The predicted octanol–water partition coefficient (Wildman–Crippen LogP) is 2.80. The summed E-state index contributed by atoms with van der Waals surface area (Å²) in [7, 11) is 0. The molecule has 2 unspecified atom stereocenters. The molecule has 3 heterocycles. The molecule has 0 spiro atoms. The SMILES string of the molecule is Cc1nccc(OC2CCCN(C(=O)C3CCCN(C(=O)OC(C)(C)C)C3)C2)n1. The Balaban J connectivity index is 1.56. The number of likely N-dealkylation sites (tertiary alicyclic amines) is 2. The number of rotatable bonds is 3. The number of piperidine rings is 2. The van der Waals surface area contributed by atoms with Crippen LogP contribution in [0.3, 0.4) is 0 Å². The van der Waals surface area contributed by atoms with E-state index in [2.05, 4.69) is 9.97 Å². The first-order valence-electron chi connectivity index (χ1n) is 10.4. The molecular formula is C21H32N4O4. The number of carbonyl (C=O) groups is 2. The topological polar surface area (TPSA) is 84.9 Å². The van der Waals surface area contributed by atoms with Crippen molar-refractivity contribution < 1.29 is 19.1 Å². The third-order valence-electron chi connectivity index (χ3n) is 5.15. The van der Waals surface area contributed by atoms with E-state index in [1.807, 2.05) is 32.6 Å². The van der Waals surface area contributed by atoms with Crippen LogP contribution in [0, 0.1) is 12.8 Å². The van der Waals surface area contributed by atoms with Gasteiger partial charge in [-0.15, -0.1) is 0 Å². The molecule has 1 aromatic heterocycles. The Bertz CT molecular complexity index is 734. The highest BCUT2D eigenvalue weighted by atomic mass is 16.6. The summed E-state index contributed by atoms with van der Waals surface area (Å²) >= 11 is 0. The van der Waals surface area contributed by atoms with Crippen LogP contribution in [0.15, 0.2) is 12.3 Å². The Hall–Kier alpha value is -2.38. The normalized spacial score (nSPS) is 22.9. The first-order valence-corrected chi connectivity index (χ1v) is 10.4. The molecule has 2 fully saturated rings.